The third-order valence-corrected chi connectivity index (χ3v) is 5.56. The van der Waals surface area contributed by atoms with Crippen molar-refractivity contribution in [3.8, 4) is 0 Å². The molecule has 0 spiro atoms. The van der Waals surface area contributed by atoms with Crippen molar-refractivity contribution in [1.82, 2.24) is 15.1 Å². The molecule has 1 atom stereocenters. The van der Waals surface area contributed by atoms with E-state index in [1.165, 1.54) is 25.7 Å². The van der Waals surface area contributed by atoms with Crippen LogP contribution in [-0.4, -0.2) is 54.0 Å². The SMILES string of the molecule is O=C1CCCCN1CCCNC(=O)N1CCCC1C1CCC1. The molecule has 1 aliphatic carbocycles. The fourth-order valence-electron chi connectivity index (χ4n) is 4.02. The van der Waals surface area contributed by atoms with Gasteiger partial charge in [0.25, 0.3) is 0 Å². The molecule has 2 aliphatic heterocycles. The van der Waals surface area contributed by atoms with Crippen LogP contribution in [0.1, 0.15) is 57.8 Å². The van der Waals surface area contributed by atoms with Gasteiger partial charge in [0.1, 0.15) is 0 Å². The summed E-state index contributed by atoms with van der Waals surface area (Å²) in [6.45, 7) is 3.27. The molecule has 2 saturated heterocycles. The number of nitrogens with one attached hydrogen (secondary N) is 1. The Balaban J connectivity index is 1.36. The van der Waals surface area contributed by atoms with E-state index in [1.807, 2.05) is 4.90 Å². The van der Waals surface area contributed by atoms with Crippen molar-refractivity contribution in [2.75, 3.05) is 26.2 Å². The first kappa shape index (κ1) is 15.6. The van der Waals surface area contributed by atoms with Crippen LogP contribution < -0.4 is 5.32 Å². The zero-order valence-electron chi connectivity index (χ0n) is 13.6. The van der Waals surface area contributed by atoms with E-state index < -0.39 is 0 Å². The van der Waals surface area contributed by atoms with Gasteiger partial charge in [0.05, 0.1) is 0 Å². The highest BCUT2D eigenvalue weighted by atomic mass is 16.2. The molecule has 22 heavy (non-hydrogen) atoms. The summed E-state index contributed by atoms with van der Waals surface area (Å²) in [4.78, 5) is 28.1. The van der Waals surface area contributed by atoms with Crippen molar-refractivity contribution in [3.05, 3.63) is 0 Å². The first-order valence-electron chi connectivity index (χ1n) is 9.08. The van der Waals surface area contributed by atoms with Crippen LogP contribution >= 0.6 is 0 Å². The smallest absolute Gasteiger partial charge is 0.317 e. The Morgan fingerprint density at radius 3 is 2.68 bits per heavy atom. The quantitative estimate of drug-likeness (QED) is 0.793. The number of amides is 3. The maximum atomic E-state index is 12.3. The summed E-state index contributed by atoms with van der Waals surface area (Å²) in [6.07, 6.45) is 9.97. The van der Waals surface area contributed by atoms with E-state index in [4.69, 9.17) is 0 Å². The minimum atomic E-state index is 0.111. The third-order valence-electron chi connectivity index (χ3n) is 5.56. The molecule has 2 heterocycles. The van der Waals surface area contributed by atoms with Crippen molar-refractivity contribution in [3.63, 3.8) is 0 Å². The lowest BCUT2D eigenvalue weighted by Gasteiger charge is -2.37. The number of carbonyl (C=O) groups excluding carboxylic acids is 2. The van der Waals surface area contributed by atoms with Crippen LogP contribution in [0.4, 0.5) is 4.79 Å². The van der Waals surface area contributed by atoms with Gasteiger partial charge >= 0.3 is 6.03 Å². The Morgan fingerprint density at radius 1 is 1.09 bits per heavy atom. The number of hydrogen-bond donors (Lipinski definition) is 1. The summed E-state index contributed by atoms with van der Waals surface area (Å²) in [5, 5.41) is 3.06. The fraction of sp³-hybridized carbons (Fsp3) is 0.882. The summed E-state index contributed by atoms with van der Waals surface area (Å²) in [6, 6.07) is 0.594. The average Bonchev–Trinajstić information content (AvgIpc) is 2.92. The molecule has 1 N–H and O–H groups in total. The molecule has 0 radical (unpaired) electrons. The van der Waals surface area contributed by atoms with E-state index in [1.54, 1.807) is 0 Å². The molecule has 1 saturated carbocycles. The second-order valence-electron chi connectivity index (χ2n) is 7.02. The van der Waals surface area contributed by atoms with Crippen molar-refractivity contribution < 1.29 is 9.59 Å². The lowest BCUT2D eigenvalue weighted by molar-refractivity contribution is -0.133. The Labute approximate surface area is 133 Å². The van der Waals surface area contributed by atoms with Gasteiger partial charge in [0.2, 0.25) is 5.91 Å². The van der Waals surface area contributed by atoms with E-state index in [-0.39, 0.29) is 11.9 Å². The monoisotopic (exact) mass is 307 g/mol. The highest BCUT2D eigenvalue weighted by molar-refractivity contribution is 5.77. The minimum absolute atomic E-state index is 0.111. The van der Waals surface area contributed by atoms with Crippen LogP contribution in [0.5, 0.6) is 0 Å². The minimum Gasteiger partial charge on any atom is -0.343 e. The van der Waals surface area contributed by atoms with Gasteiger partial charge in [-0.15, -0.1) is 0 Å². The molecule has 0 bridgehead atoms. The average molecular weight is 307 g/mol. The van der Waals surface area contributed by atoms with Crippen LogP contribution in [0.25, 0.3) is 0 Å². The summed E-state index contributed by atoms with van der Waals surface area (Å²) < 4.78 is 0. The molecule has 124 valence electrons. The van der Waals surface area contributed by atoms with Crippen LogP contribution in [0.2, 0.25) is 0 Å². The number of carbonyl (C=O) groups is 2. The van der Waals surface area contributed by atoms with Gasteiger partial charge in [-0.1, -0.05) is 6.42 Å². The molecule has 3 amide bonds. The van der Waals surface area contributed by atoms with Crippen molar-refractivity contribution in [2.24, 2.45) is 5.92 Å². The van der Waals surface area contributed by atoms with Crippen LogP contribution in [0.15, 0.2) is 0 Å². The number of piperidine rings is 1. The summed E-state index contributed by atoms with van der Waals surface area (Å²) >= 11 is 0. The standard InChI is InChI=1S/C17H29N3O2/c21-16-9-1-2-11-19(16)12-5-10-18-17(22)20-13-4-8-15(20)14-6-3-7-14/h14-15H,1-13H2,(H,18,22). The molecular weight excluding hydrogens is 278 g/mol. The summed E-state index contributed by atoms with van der Waals surface area (Å²) in [5.41, 5.74) is 0. The summed E-state index contributed by atoms with van der Waals surface area (Å²) in [7, 11) is 0. The second kappa shape index (κ2) is 7.34. The predicted octanol–water partition coefficient (Wildman–Crippen LogP) is 2.36. The van der Waals surface area contributed by atoms with E-state index in [2.05, 4.69) is 10.2 Å². The zero-order chi connectivity index (χ0) is 15.4. The maximum absolute atomic E-state index is 12.3. The van der Waals surface area contributed by atoms with Crippen molar-refractivity contribution in [2.45, 2.75) is 63.8 Å². The molecule has 3 rings (SSSR count). The molecular formula is C17H29N3O2. The van der Waals surface area contributed by atoms with Gasteiger partial charge in [-0.25, -0.2) is 4.79 Å². The van der Waals surface area contributed by atoms with Crippen molar-refractivity contribution in [1.29, 1.82) is 0 Å². The molecule has 1 unspecified atom stereocenters. The second-order valence-corrected chi connectivity index (χ2v) is 7.02. The number of nitrogens with zero attached hydrogens (tertiary/aromatic N) is 2. The lowest BCUT2D eigenvalue weighted by Crippen LogP contribution is -2.47. The maximum Gasteiger partial charge on any atom is 0.317 e. The zero-order valence-corrected chi connectivity index (χ0v) is 13.6. The Bertz CT molecular complexity index is 409. The van der Waals surface area contributed by atoms with Gasteiger partial charge in [0.15, 0.2) is 0 Å². The Morgan fingerprint density at radius 2 is 1.95 bits per heavy atom. The van der Waals surface area contributed by atoms with Crippen LogP contribution in [0, 0.1) is 5.92 Å². The van der Waals surface area contributed by atoms with E-state index in [9.17, 15) is 9.59 Å². The van der Waals surface area contributed by atoms with Gasteiger partial charge in [-0.05, 0) is 50.9 Å². The molecule has 0 aromatic heterocycles. The molecule has 3 fully saturated rings. The van der Waals surface area contributed by atoms with Gasteiger partial charge in [-0.3, -0.25) is 4.79 Å². The number of rotatable bonds is 5. The largest absolute Gasteiger partial charge is 0.343 e. The number of hydrogen-bond acceptors (Lipinski definition) is 2. The summed E-state index contributed by atoms with van der Waals surface area (Å²) in [5.74, 6) is 1.03. The first-order valence-corrected chi connectivity index (χ1v) is 9.08. The van der Waals surface area contributed by atoms with Gasteiger partial charge in [0, 0.05) is 38.6 Å². The van der Waals surface area contributed by atoms with E-state index in [0.717, 1.165) is 51.2 Å². The lowest BCUT2D eigenvalue weighted by atomic mass is 9.79. The third kappa shape index (κ3) is 3.55. The Hall–Kier alpha value is -1.26. The number of urea groups is 1. The number of likely N-dealkylation sites (tertiary alicyclic amines) is 2. The van der Waals surface area contributed by atoms with Crippen LogP contribution in [-0.2, 0) is 4.79 Å². The topological polar surface area (TPSA) is 52.7 Å². The van der Waals surface area contributed by atoms with E-state index >= 15 is 0 Å². The molecule has 5 nitrogen and oxygen atoms in total. The molecule has 3 aliphatic rings. The van der Waals surface area contributed by atoms with E-state index in [0.29, 0.717) is 19.0 Å². The normalized spacial score (nSPS) is 26.2. The molecule has 0 aromatic carbocycles. The van der Waals surface area contributed by atoms with Gasteiger partial charge in [-0.2, -0.15) is 0 Å². The van der Waals surface area contributed by atoms with Crippen LogP contribution in [0.3, 0.4) is 0 Å². The molecule has 0 aromatic rings. The van der Waals surface area contributed by atoms with Gasteiger partial charge < -0.3 is 15.1 Å². The fourth-order valence-corrected chi connectivity index (χ4v) is 4.02. The van der Waals surface area contributed by atoms with Crippen molar-refractivity contribution >= 4 is 11.9 Å². The molecule has 5 heteroatoms. The highest BCUT2D eigenvalue weighted by Gasteiger charge is 2.37. The highest BCUT2D eigenvalue weighted by Crippen LogP contribution is 2.37. The predicted molar refractivity (Wildman–Crippen MR) is 85.5 cm³/mol. The Kier molecular flexibility index (Phi) is 5.21. The first-order chi connectivity index (χ1) is 10.8.